The number of rotatable bonds is 2. The molecule has 0 saturated carbocycles. The van der Waals surface area contributed by atoms with Crippen LogP contribution in [0, 0.1) is 11.3 Å². The summed E-state index contributed by atoms with van der Waals surface area (Å²) in [5.74, 6) is 0.875. The standard InChI is InChI=1S/C17H26BrN/c1-17(2,3)15-7-5-10-19(11-9-15)13-14-6-4-8-16(18)12-14/h4,6,8,12,15H,5,7,9-11,13H2,1-3H3. The minimum atomic E-state index is 0.464. The molecule has 0 N–H and O–H groups in total. The van der Waals surface area contributed by atoms with Crippen molar-refractivity contribution in [2.75, 3.05) is 13.1 Å². The predicted octanol–water partition coefficient (Wildman–Crippen LogP) is 5.10. The Balaban J connectivity index is 1.93. The Morgan fingerprint density at radius 1 is 1.21 bits per heavy atom. The van der Waals surface area contributed by atoms with Crippen LogP contribution in [0.2, 0.25) is 0 Å². The Morgan fingerprint density at radius 3 is 2.68 bits per heavy atom. The van der Waals surface area contributed by atoms with Gasteiger partial charge in [-0.3, -0.25) is 4.90 Å². The van der Waals surface area contributed by atoms with Crippen LogP contribution in [0.15, 0.2) is 28.7 Å². The quantitative estimate of drug-likeness (QED) is 0.732. The zero-order chi connectivity index (χ0) is 13.9. The van der Waals surface area contributed by atoms with E-state index in [1.807, 2.05) is 0 Å². The van der Waals surface area contributed by atoms with E-state index < -0.39 is 0 Å². The molecule has 1 aromatic carbocycles. The molecule has 1 aliphatic rings. The van der Waals surface area contributed by atoms with Gasteiger partial charge in [-0.2, -0.15) is 0 Å². The molecule has 106 valence electrons. The summed E-state index contributed by atoms with van der Waals surface area (Å²) in [5, 5.41) is 0. The van der Waals surface area contributed by atoms with Gasteiger partial charge in [0.2, 0.25) is 0 Å². The lowest BCUT2D eigenvalue weighted by molar-refractivity contribution is 0.206. The molecule has 1 atom stereocenters. The van der Waals surface area contributed by atoms with E-state index in [1.165, 1.54) is 42.4 Å². The maximum Gasteiger partial charge on any atom is 0.0234 e. The molecule has 1 fully saturated rings. The Labute approximate surface area is 126 Å². The van der Waals surface area contributed by atoms with E-state index in [2.05, 4.69) is 65.9 Å². The van der Waals surface area contributed by atoms with Crippen molar-refractivity contribution < 1.29 is 0 Å². The summed E-state index contributed by atoms with van der Waals surface area (Å²) in [6, 6.07) is 8.71. The lowest BCUT2D eigenvalue weighted by Gasteiger charge is -2.29. The average Bonchev–Trinajstić information content (AvgIpc) is 2.54. The van der Waals surface area contributed by atoms with Gasteiger partial charge in [0.25, 0.3) is 0 Å². The van der Waals surface area contributed by atoms with Crippen molar-refractivity contribution in [3.05, 3.63) is 34.3 Å². The van der Waals surface area contributed by atoms with E-state index in [0.717, 1.165) is 12.5 Å². The van der Waals surface area contributed by atoms with E-state index in [-0.39, 0.29) is 0 Å². The maximum atomic E-state index is 3.56. The van der Waals surface area contributed by atoms with Gasteiger partial charge in [0.15, 0.2) is 0 Å². The van der Waals surface area contributed by atoms with Gasteiger partial charge >= 0.3 is 0 Å². The molecule has 19 heavy (non-hydrogen) atoms. The molecule has 2 heteroatoms. The Bertz CT molecular complexity index is 408. The summed E-state index contributed by atoms with van der Waals surface area (Å²) in [5.41, 5.74) is 1.88. The molecule has 1 aliphatic heterocycles. The largest absolute Gasteiger partial charge is 0.299 e. The Morgan fingerprint density at radius 2 is 2.00 bits per heavy atom. The fourth-order valence-electron chi connectivity index (χ4n) is 3.07. The topological polar surface area (TPSA) is 3.24 Å². The van der Waals surface area contributed by atoms with E-state index in [9.17, 15) is 0 Å². The number of hydrogen-bond donors (Lipinski definition) is 0. The monoisotopic (exact) mass is 323 g/mol. The third kappa shape index (κ3) is 4.61. The van der Waals surface area contributed by atoms with Crippen molar-refractivity contribution in [2.24, 2.45) is 11.3 Å². The average molecular weight is 324 g/mol. The van der Waals surface area contributed by atoms with Gasteiger partial charge in [0.05, 0.1) is 0 Å². The second kappa shape index (κ2) is 6.41. The molecular weight excluding hydrogens is 298 g/mol. The first-order valence-corrected chi connectivity index (χ1v) is 8.21. The molecule has 0 aromatic heterocycles. The van der Waals surface area contributed by atoms with Gasteiger partial charge in [-0.15, -0.1) is 0 Å². The molecule has 1 heterocycles. The highest BCUT2D eigenvalue weighted by molar-refractivity contribution is 9.10. The number of benzene rings is 1. The van der Waals surface area contributed by atoms with Gasteiger partial charge in [-0.25, -0.2) is 0 Å². The van der Waals surface area contributed by atoms with Crippen LogP contribution in [0.4, 0.5) is 0 Å². The smallest absolute Gasteiger partial charge is 0.0234 e. The zero-order valence-corrected chi connectivity index (χ0v) is 14.0. The van der Waals surface area contributed by atoms with Crippen LogP contribution >= 0.6 is 15.9 Å². The van der Waals surface area contributed by atoms with Gasteiger partial charge < -0.3 is 0 Å². The molecule has 1 saturated heterocycles. The van der Waals surface area contributed by atoms with Crippen molar-refractivity contribution in [2.45, 2.75) is 46.6 Å². The number of hydrogen-bond acceptors (Lipinski definition) is 1. The minimum Gasteiger partial charge on any atom is -0.299 e. The fraction of sp³-hybridized carbons (Fsp3) is 0.647. The first-order chi connectivity index (χ1) is 8.95. The highest BCUT2D eigenvalue weighted by atomic mass is 79.9. The van der Waals surface area contributed by atoms with E-state index in [4.69, 9.17) is 0 Å². The summed E-state index contributed by atoms with van der Waals surface area (Å²) >= 11 is 3.56. The molecule has 0 bridgehead atoms. The molecule has 0 aliphatic carbocycles. The molecule has 2 rings (SSSR count). The fourth-order valence-corrected chi connectivity index (χ4v) is 3.52. The van der Waals surface area contributed by atoms with Crippen molar-refractivity contribution >= 4 is 15.9 Å². The summed E-state index contributed by atoms with van der Waals surface area (Å²) in [6.07, 6.45) is 4.08. The van der Waals surface area contributed by atoms with Crippen LogP contribution in [0.3, 0.4) is 0 Å². The minimum absolute atomic E-state index is 0.464. The number of likely N-dealkylation sites (tertiary alicyclic amines) is 1. The van der Waals surface area contributed by atoms with Crippen LogP contribution in [-0.2, 0) is 6.54 Å². The van der Waals surface area contributed by atoms with Crippen LogP contribution < -0.4 is 0 Å². The third-order valence-electron chi connectivity index (χ3n) is 4.34. The van der Waals surface area contributed by atoms with Crippen molar-refractivity contribution in [3.63, 3.8) is 0 Å². The zero-order valence-electron chi connectivity index (χ0n) is 12.5. The van der Waals surface area contributed by atoms with E-state index in [1.54, 1.807) is 0 Å². The summed E-state index contributed by atoms with van der Waals surface area (Å²) in [6.45, 7) is 10.8. The van der Waals surface area contributed by atoms with Crippen LogP contribution in [0.1, 0.15) is 45.6 Å². The first kappa shape index (κ1) is 15.1. The van der Waals surface area contributed by atoms with Crippen LogP contribution in [0.25, 0.3) is 0 Å². The highest BCUT2D eigenvalue weighted by Gasteiger charge is 2.26. The number of nitrogens with zero attached hydrogens (tertiary/aromatic N) is 1. The highest BCUT2D eigenvalue weighted by Crippen LogP contribution is 2.34. The Kier molecular flexibility index (Phi) is 5.08. The van der Waals surface area contributed by atoms with Crippen LogP contribution in [-0.4, -0.2) is 18.0 Å². The normalized spacial score (nSPS) is 22.2. The molecule has 0 radical (unpaired) electrons. The van der Waals surface area contributed by atoms with E-state index >= 15 is 0 Å². The second-order valence-electron chi connectivity index (χ2n) is 6.90. The third-order valence-corrected chi connectivity index (χ3v) is 4.83. The molecule has 1 aromatic rings. The van der Waals surface area contributed by atoms with Crippen LogP contribution in [0.5, 0.6) is 0 Å². The van der Waals surface area contributed by atoms with E-state index in [0.29, 0.717) is 5.41 Å². The lowest BCUT2D eigenvalue weighted by atomic mass is 9.77. The number of halogens is 1. The molecule has 0 spiro atoms. The second-order valence-corrected chi connectivity index (χ2v) is 7.82. The SMILES string of the molecule is CC(C)(C)C1CCCN(Cc2cccc(Br)c2)CC1. The van der Waals surface area contributed by atoms with Gasteiger partial charge in [-0.1, -0.05) is 48.8 Å². The van der Waals surface area contributed by atoms with Crippen molar-refractivity contribution in [1.29, 1.82) is 0 Å². The lowest BCUT2D eigenvalue weighted by Crippen LogP contribution is -2.26. The molecule has 0 amide bonds. The summed E-state index contributed by atoms with van der Waals surface area (Å²) in [7, 11) is 0. The van der Waals surface area contributed by atoms with Gasteiger partial charge in [0.1, 0.15) is 0 Å². The van der Waals surface area contributed by atoms with Gasteiger partial charge in [-0.05, 0) is 61.4 Å². The molecule has 1 nitrogen and oxygen atoms in total. The Hall–Kier alpha value is -0.340. The van der Waals surface area contributed by atoms with Gasteiger partial charge in [0, 0.05) is 11.0 Å². The molecule has 1 unspecified atom stereocenters. The summed E-state index contributed by atoms with van der Waals surface area (Å²) in [4.78, 5) is 2.62. The molecular formula is C17H26BrN. The summed E-state index contributed by atoms with van der Waals surface area (Å²) < 4.78 is 1.19. The predicted molar refractivity (Wildman–Crippen MR) is 86.2 cm³/mol. The van der Waals surface area contributed by atoms with Crippen molar-refractivity contribution in [3.8, 4) is 0 Å². The maximum absolute atomic E-state index is 3.56. The first-order valence-electron chi connectivity index (χ1n) is 7.42. The van der Waals surface area contributed by atoms with Crippen molar-refractivity contribution in [1.82, 2.24) is 4.90 Å².